The summed E-state index contributed by atoms with van der Waals surface area (Å²) in [6.07, 6.45) is -3.63. The van der Waals surface area contributed by atoms with Crippen LogP contribution in [0.5, 0.6) is 0 Å². The molecule has 12 heteroatoms. The largest absolute Gasteiger partial charge is 0.428 e. The van der Waals surface area contributed by atoms with Gasteiger partial charge in [-0.3, -0.25) is 5.41 Å². The molecule has 3 aromatic carbocycles. The molecule has 0 saturated heterocycles. The first-order valence-corrected chi connectivity index (χ1v) is 12.9. The van der Waals surface area contributed by atoms with Gasteiger partial charge >= 0.3 is 6.18 Å². The Bertz CT molecular complexity index is 1630. The van der Waals surface area contributed by atoms with Gasteiger partial charge in [-0.05, 0) is 42.0 Å². The van der Waals surface area contributed by atoms with E-state index in [1.165, 1.54) is 6.07 Å². The Kier molecular flexibility index (Phi) is 7.29. The van der Waals surface area contributed by atoms with Crippen LogP contribution in [0.25, 0.3) is 22.0 Å². The molecule has 0 fully saturated rings. The summed E-state index contributed by atoms with van der Waals surface area (Å²) in [5.74, 6) is -0.176. The quantitative estimate of drug-likeness (QED) is 0.154. The summed E-state index contributed by atoms with van der Waals surface area (Å²) in [6.45, 7) is 0.0966. The average Bonchev–Trinajstić information content (AvgIpc) is 3.25. The van der Waals surface area contributed by atoms with Crippen LogP contribution in [0.15, 0.2) is 83.9 Å². The zero-order chi connectivity index (χ0) is 27.7. The number of anilines is 1. The minimum atomic E-state index is -4.76. The van der Waals surface area contributed by atoms with Crippen LogP contribution in [0, 0.1) is 10.8 Å². The number of hydrogen-bond donors (Lipinski definition) is 5. The van der Waals surface area contributed by atoms with Gasteiger partial charge in [-0.2, -0.15) is 13.2 Å². The Morgan fingerprint density at radius 2 is 1.74 bits per heavy atom. The van der Waals surface area contributed by atoms with Gasteiger partial charge in [0.05, 0.1) is 4.90 Å². The lowest BCUT2D eigenvalue weighted by Gasteiger charge is -2.23. The molecular weight excluding hydrogens is 517 g/mol. The topological polar surface area (TPSA) is 151 Å². The van der Waals surface area contributed by atoms with E-state index in [4.69, 9.17) is 21.7 Å². The minimum Gasteiger partial charge on any atom is -0.384 e. The maximum absolute atomic E-state index is 13.2. The molecule has 0 saturated carbocycles. The number of rotatable bonds is 9. The molecule has 7 N–H and O–H groups in total. The fourth-order valence-electron chi connectivity index (χ4n) is 4.25. The third-order valence-electron chi connectivity index (χ3n) is 6.03. The third kappa shape index (κ3) is 6.03. The fraction of sp³-hybridized carbons (Fsp3) is 0.154. The van der Waals surface area contributed by atoms with E-state index in [1.807, 2.05) is 0 Å². The highest BCUT2D eigenvalue weighted by Gasteiger charge is 2.35. The smallest absolute Gasteiger partial charge is 0.384 e. The molecule has 1 atom stereocenters. The van der Waals surface area contributed by atoms with Crippen molar-refractivity contribution in [3.63, 3.8) is 0 Å². The SMILES string of the molecule is N=C(N)c1cccc(NC(CC(=N)C(F)(F)F)Cn2ccc3cc(-c4ccccc4S(N)(=O)=O)ccc32)c1. The number of sulfonamides is 1. The molecule has 0 aliphatic heterocycles. The Morgan fingerprint density at radius 3 is 2.42 bits per heavy atom. The Hall–Kier alpha value is -4.16. The summed E-state index contributed by atoms with van der Waals surface area (Å²) in [5.41, 5.74) is 6.83. The van der Waals surface area contributed by atoms with Gasteiger partial charge in [0.1, 0.15) is 11.5 Å². The summed E-state index contributed by atoms with van der Waals surface area (Å²) >= 11 is 0. The van der Waals surface area contributed by atoms with E-state index in [0.29, 0.717) is 27.9 Å². The molecule has 1 heterocycles. The van der Waals surface area contributed by atoms with Crippen molar-refractivity contribution in [2.24, 2.45) is 10.9 Å². The van der Waals surface area contributed by atoms with E-state index in [9.17, 15) is 21.6 Å². The summed E-state index contributed by atoms with van der Waals surface area (Å²) in [7, 11) is -3.95. The number of hydrogen-bond acceptors (Lipinski definition) is 5. The average molecular weight is 543 g/mol. The zero-order valence-electron chi connectivity index (χ0n) is 20.0. The van der Waals surface area contributed by atoms with Crippen molar-refractivity contribution in [2.75, 3.05) is 5.32 Å². The lowest BCUT2D eigenvalue weighted by molar-refractivity contribution is -0.0615. The van der Waals surface area contributed by atoms with Crippen LogP contribution in [0.1, 0.15) is 12.0 Å². The number of fused-ring (bicyclic) bond motifs is 1. The number of nitrogen functional groups attached to an aromatic ring is 1. The van der Waals surface area contributed by atoms with Crippen molar-refractivity contribution in [3.8, 4) is 11.1 Å². The minimum absolute atomic E-state index is 0.0125. The summed E-state index contributed by atoms with van der Waals surface area (Å²) < 4.78 is 65.5. The van der Waals surface area contributed by atoms with Gasteiger partial charge < -0.3 is 21.0 Å². The van der Waals surface area contributed by atoms with Gasteiger partial charge in [0.15, 0.2) is 0 Å². The number of nitrogens with zero attached hydrogens (tertiary/aromatic N) is 1. The van der Waals surface area contributed by atoms with Gasteiger partial charge in [0.2, 0.25) is 10.0 Å². The molecule has 0 amide bonds. The van der Waals surface area contributed by atoms with Gasteiger partial charge in [-0.25, -0.2) is 13.6 Å². The molecule has 198 valence electrons. The molecule has 38 heavy (non-hydrogen) atoms. The molecule has 8 nitrogen and oxygen atoms in total. The van der Waals surface area contributed by atoms with Crippen molar-refractivity contribution in [1.29, 1.82) is 10.8 Å². The van der Waals surface area contributed by atoms with Crippen LogP contribution in [0.2, 0.25) is 0 Å². The molecule has 1 aromatic heterocycles. The molecule has 0 bridgehead atoms. The summed E-state index contributed by atoms with van der Waals surface area (Å²) in [6, 6.07) is 19.0. The van der Waals surface area contributed by atoms with E-state index in [-0.39, 0.29) is 17.3 Å². The first-order valence-electron chi connectivity index (χ1n) is 11.4. The van der Waals surface area contributed by atoms with E-state index in [0.717, 1.165) is 5.39 Å². The van der Waals surface area contributed by atoms with Crippen LogP contribution < -0.4 is 16.2 Å². The Morgan fingerprint density at radius 1 is 1.00 bits per heavy atom. The van der Waals surface area contributed by atoms with E-state index < -0.39 is 34.4 Å². The van der Waals surface area contributed by atoms with Gasteiger partial charge in [-0.15, -0.1) is 0 Å². The Labute approximate surface area is 217 Å². The van der Waals surface area contributed by atoms with Crippen molar-refractivity contribution in [1.82, 2.24) is 4.57 Å². The predicted octanol–water partition coefficient (Wildman–Crippen LogP) is 4.69. The number of halogens is 3. The number of alkyl halides is 3. The number of aromatic nitrogens is 1. The maximum atomic E-state index is 13.2. The number of amidine groups is 1. The van der Waals surface area contributed by atoms with Crippen molar-refractivity contribution >= 4 is 38.2 Å². The Balaban J connectivity index is 1.67. The predicted molar refractivity (Wildman–Crippen MR) is 142 cm³/mol. The lowest BCUT2D eigenvalue weighted by atomic mass is 10.0. The van der Waals surface area contributed by atoms with E-state index in [2.05, 4.69) is 5.32 Å². The third-order valence-corrected chi connectivity index (χ3v) is 7.00. The van der Waals surface area contributed by atoms with Gasteiger partial charge in [0.25, 0.3) is 0 Å². The second-order valence-electron chi connectivity index (χ2n) is 8.80. The second-order valence-corrected chi connectivity index (χ2v) is 10.3. The second kappa shape index (κ2) is 10.3. The van der Waals surface area contributed by atoms with Crippen LogP contribution in [-0.2, 0) is 16.6 Å². The monoisotopic (exact) mass is 542 g/mol. The zero-order valence-corrected chi connectivity index (χ0v) is 20.8. The first-order chi connectivity index (χ1) is 17.8. The number of nitrogens with two attached hydrogens (primary N) is 2. The molecule has 0 aliphatic carbocycles. The van der Waals surface area contributed by atoms with E-state index in [1.54, 1.807) is 77.5 Å². The van der Waals surface area contributed by atoms with Crippen molar-refractivity contribution in [2.45, 2.75) is 30.1 Å². The summed E-state index contributed by atoms with van der Waals surface area (Å²) in [5, 5.41) is 24.3. The standard InChI is InChI=1S/C26H25F3N6O2S/c27-26(28,29)24(30)14-20(34-19-5-3-4-18(13-19)25(31)32)15-35-11-10-17-12-16(8-9-22(17)35)21-6-1-2-7-23(21)38(33,36)37/h1-13,20,30,34H,14-15H2,(H3,31,32)(H2,33,36,37). The number of primary sulfonamides is 1. The van der Waals surface area contributed by atoms with Crippen LogP contribution in [-0.4, -0.2) is 36.8 Å². The molecule has 0 aliphatic rings. The molecule has 4 aromatic rings. The molecule has 0 radical (unpaired) electrons. The van der Waals surface area contributed by atoms with Crippen LogP contribution in [0.3, 0.4) is 0 Å². The van der Waals surface area contributed by atoms with Crippen molar-refractivity contribution < 1.29 is 21.6 Å². The van der Waals surface area contributed by atoms with E-state index >= 15 is 0 Å². The molecule has 0 spiro atoms. The maximum Gasteiger partial charge on any atom is 0.428 e. The highest BCUT2D eigenvalue weighted by Crippen LogP contribution is 2.30. The summed E-state index contributed by atoms with van der Waals surface area (Å²) in [4.78, 5) is -0.0125. The number of benzene rings is 3. The molecule has 1 unspecified atom stereocenters. The highest BCUT2D eigenvalue weighted by atomic mass is 32.2. The fourth-order valence-corrected chi connectivity index (χ4v) is 5.01. The first kappa shape index (κ1) is 26.9. The number of nitrogens with one attached hydrogen (secondary N) is 3. The van der Waals surface area contributed by atoms with Gasteiger partial charge in [0, 0.05) is 52.9 Å². The lowest BCUT2D eigenvalue weighted by Crippen LogP contribution is -2.33. The van der Waals surface area contributed by atoms with Gasteiger partial charge in [-0.1, -0.05) is 36.4 Å². The van der Waals surface area contributed by atoms with Crippen LogP contribution >= 0.6 is 0 Å². The molecular formula is C26H25F3N6O2S. The molecule has 4 rings (SSSR count). The highest BCUT2D eigenvalue weighted by molar-refractivity contribution is 7.89. The van der Waals surface area contributed by atoms with Crippen LogP contribution in [0.4, 0.5) is 18.9 Å². The van der Waals surface area contributed by atoms with Crippen molar-refractivity contribution in [3.05, 3.63) is 84.6 Å². The normalized spacial score (nSPS) is 12.8.